The number of hydrogen-bond donors (Lipinski definition) is 0. The highest BCUT2D eigenvalue weighted by molar-refractivity contribution is 8.19. The molecule has 0 unspecified atom stereocenters. The van der Waals surface area contributed by atoms with Crippen LogP contribution in [0.4, 0.5) is 10.5 Å². The molecule has 0 atom stereocenters. The molecular formula is C28H23ClN2O2S. The average molecular weight is 487 g/mol. The van der Waals surface area contributed by atoms with Crippen molar-refractivity contribution in [2.24, 2.45) is 0 Å². The van der Waals surface area contributed by atoms with Crippen molar-refractivity contribution in [2.75, 3.05) is 4.90 Å². The minimum atomic E-state index is -0.288. The number of hydrogen-bond acceptors (Lipinski definition) is 3. The quantitative estimate of drug-likeness (QED) is 0.275. The van der Waals surface area contributed by atoms with E-state index < -0.39 is 0 Å². The number of thioether (sulfide) groups is 1. The van der Waals surface area contributed by atoms with Crippen LogP contribution in [-0.4, -0.2) is 15.7 Å². The summed E-state index contributed by atoms with van der Waals surface area (Å²) in [6, 6.07) is 21.5. The number of halogens is 1. The Hall–Kier alpha value is -3.28. The number of amides is 2. The van der Waals surface area contributed by atoms with E-state index in [4.69, 9.17) is 11.6 Å². The van der Waals surface area contributed by atoms with Crippen LogP contribution in [0.3, 0.4) is 0 Å². The number of para-hydroxylation sites is 1. The first-order valence-corrected chi connectivity index (χ1v) is 12.3. The summed E-state index contributed by atoms with van der Waals surface area (Å²) >= 11 is 7.05. The molecular weight excluding hydrogens is 464 g/mol. The third-order valence-corrected chi connectivity index (χ3v) is 7.15. The molecule has 0 spiro atoms. The van der Waals surface area contributed by atoms with E-state index in [1.807, 2.05) is 55.5 Å². The molecule has 0 bridgehead atoms. The number of aromatic nitrogens is 1. The molecule has 0 radical (unpaired) electrons. The van der Waals surface area contributed by atoms with E-state index in [-0.39, 0.29) is 11.1 Å². The second-order valence-corrected chi connectivity index (χ2v) is 9.79. The lowest BCUT2D eigenvalue weighted by Gasteiger charge is -2.12. The summed E-state index contributed by atoms with van der Waals surface area (Å²) in [6.45, 7) is 4.80. The minimum absolute atomic E-state index is 0.278. The Kier molecular flexibility index (Phi) is 6.07. The maximum absolute atomic E-state index is 13.2. The molecule has 1 aliphatic heterocycles. The maximum atomic E-state index is 13.2. The first-order valence-electron chi connectivity index (χ1n) is 11.1. The van der Waals surface area contributed by atoms with Crippen LogP contribution in [0, 0.1) is 6.92 Å². The van der Waals surface area contributed by atoms with Gasteiger partial charge in [0.2, 0.25) is 0 Å². The Labute approximate surface area is 207 Å². The summed E-state index contributed by atoms with van der Waals surface area (Å²) in [4.78, 5) is 27.6. The van der Waals surface area contributed by atoms with Crippen LogP contribution in [0.25, 0.3) is 17.0 Å². The lowest BCUT2D eigenvalue weighted by Crippen LogP contribution is -2.27. The monoisotopic (exact) mass is 486 g/mol. The first kappa shape index (κ1) is 22.5. The topological polar surface area (TPSA) is 42.3 Å². The van der Waals surface area contributed by atoms with Crippen LogP contribution in [0.1, 0.15) is 29.2 Å². The largest absolute Gasteiger partial charge is 0.342 e. The smallest absolute Gasteiger partial charge is 0.298 e. The average Bonchev–Trinajstić information content (AvgIpc) is 3.32. The van der Waals surface area contributed by atoms with Crippen LogP contribution in [0.15, 0.2) is 77.8 Å². The van der Waals surface area contributed by atoms with Crippen LogP contribution < -0.4 is 4.90 Å². The summed E-state index contributed by atoms with van der Waals surface area (Å²) in [7, 11) is 0. The van der Waals surface area contributed by atoms with Crippen molar-refractivity contribution in [3.8, 4) is 0 Å². The number of benzene rings is 3. The van der Waals surface area contributed by atoms with Crippen molar-refractivity contribution in [3.05, 3.63) is 105 Å². The van der Waals surface area contributed by atoms with Crippen molar-refractivity contribution in [1.82, 2.24) is 4.57 Å². The molecule has 170 valence electrons. The molecule has 2 amide bonds. The van der Waals surface area contributed by atoms with E-state index in [2.05, 4.69) is 29.8 Å². The fourth-order valence-corrected chi connectivity index (χ4v) is 5.26. The van der Waals surface area contributed by atoms with E-state index in [9.17, 15) is 9.59 Å². The predicted octanol–water partition coefficient (Wildman–Crippen LogP) is 7.45. The Bertz CT molecular complexity index is 1440. The highest BCUT2D eigenvalue weighted by Gasteiger charge is 2.36. The van der Waals surface area contributed by atoms with Gasteiger partial charge < -0.3 is 4.57 Å². The summed E-state index contributed by atoms with van der Waals surface area (Å²) in [5.41, 5.74) is 6.11. The summed E-state index contributed by atoms with van der Waals surface area (Å²) in [5.74, 6) is -0.288. The predicted molar refractivity (Wildman–Crippen MR) is 141 cm³/mol. The van der Waals surface area contributed by atoms with Crippen molar-refractivity contribution in [3.63, 3.8) is 0 Å². The van der Waals surface area contributed by atoms with E-state index in [0.717, 1.165) is 45.8 Å². The van der Waals surface area contributed by atoms with Gasteiger partial charge in [0.1, 0.15) is 0 Å². The number of nitrogens with zero attached hydrogens (tertiary/aromatic N) is 2. The van der Waals surface area contributed by atoms with Crippen LogP contribution in [-0.2, 0) is 17.8 Å². The minimum Gasteiger partial charge on any atom is -0.342 e. The fraction of sp³-hybridized carbons (Fsp3) is 0.143. The van der Waals surface area contributed by atoms with Crippen molar-refractivity contribution < 1.29 is 9.59 Å². The van der Waals surface area contributed by atoms with Crippen LogP contribution in [0.2, 0.25) is 5.02 Å². The molecule has 0 N–H and O–H groups in total. The second-order valence-electron chi connectivity index (χ2n) is 8.36. The molecule has 34 heavy (non-hydrogen) atoms. The molecule has 3 aromatic carbocycles. The second kappa shape index (κ2) is 9.16. The standard InChI is InChI=1S/C28H23ClN2O2S/c1-3-20-5-4-6-24-21(17-30(26(20)24)16-19-9-11-22(29)12-10-19)15-25-27(32)31(28(33)34-25)23-13-7-18(2)8-14-23/h4-15,17H,3,16H2,1-2H3/b25-15-. The number of fused-ring (bicyclic) bond motifs is 1. The zero-order chi connectivity index (χ0) is 23.8. The lowest BCUT2D eigenvalue weighted by atomic mass is 10.1. The Morgan fingerprint density at radius 3 is 2.41 bits per heavy atom. The molecule has 4 nitrogen and oxygen atoms in total. The van der Waals surface area contributed by atoms with Gasteiger partial charge in [0.05, 0.1) is 16.1 Å². The first-order chi connectivity index (χ1) is 16.4. The maximum Gasteiger partial charge on any atom is 0.298 e. The van der Waals surface area contributed by atoms with Gasteiger partial charge in [0, 0.05) is 28.7 Å². The molecule has 6 heteroatoms. The van der Waals surface area contributed by atoms with Gasteiger partial charge in [0.15, 0.2) is 0 Å². The Balaban J connectivity index is 1.56. The highest BCUT2D eigenvalue weighted by atomic mass is 35.5. The lowest BCUT2D eigenvalue weighted by molar-refractivity contribution is -0.113. The van der Waals surface area contributed by atoms with Crippen LogP contribution in [0.5, 0.6) is 0 Å². The number of aryl methyl sites for hydroxylation is 2. The number of imide groups is 1. The van der Waals surface area contributed by atoms with Crippen molar-refractivity contribution >= 4 is 57.2 Å². The summed E-state index contributed by atoms with van der Waals surface area (Å²) in [6.07, 6.45) is 4.81. The molecule has 4 aromatic rings. The Morgan fingerprint density at radius 2 is 1.71 bits per heavy atom. The molecule has 0 saturated carbocycles. The van der Waals surface area contributed by atoms with Crippen molar-refractivity contribution in [2.45, 2.75) is 26.8 Å². The third-order valence-electron chi connectivity index (χ3n) is 6.03. The van der Waals surface area contributed by atoms with Crippen LogP contribution >= 0.6 is 23.4 Å². The summed E-state index contributed by atoms with van der Waals surface area (Å²) in [5, 5.41) is 1.50. The summed E-state index contributed by atoms with van der Waals surface area (Å²) < 4.78 is 2.22. The van der Waals surface area contributed by atoms with Gasteiger partial charge in [-0.1, -0.05) is 66.6 Å². The van der Waals surface area contributed by atoms with Crippen molar-refractivity contribution in [1.29, 1.82) is 0 Å². The number of rotatable bonds is 5. The van der Waals surface area contributed by atoms with Gasteiger partial charge in [-0.05, 0) is 66.6 Å². The van der Waals surface area contributed by atoms with Gasteiger partial charge in [-0.15, -0.1) is 0 Å². The number of carbonyl (C=O) groups excluding carboxylic acids is 2. The van der Waals surface area contributed by atoms with Gasteiger partial charge in [-0.25, -0.2) is 4.90 Å². The molecule has 1 fully saturated rings. The highest BCUT2D eigenvalue weighted by Crippen LogP contribution is 2.37. The molecule has 2 heterocycles. The number of anilines is 1. The molecule has 1 aliphatic rings. The molecule has 1 saturated heterocycles. The third kappa shape index (κ3) is 4.17. The zero-order valence-electron chi connectivity index (χ0n) is 18.9. The molecule has 1 aromatic heterocycles. The molecule has 5 rings (SSSR count). The Morgan fingerprint density at radius 1 is 0.971 bits per heavy atom. The fourth-order valence-electron chi connectivity index (χ4n) is 4.30. The van der Waals surface area contributed by atoms with Gasteiger partial charge in [-0.2, -0.15) is 0 Å². The zero-order valence-corrected chi connectivity index (χ0v) is 20.5. The normalized spacial score (nSPS) is 15.1. The van der Waals surface area contributed by atoms with Gasteiger partial charge in [-0.3, -0.25) is 9.59 Å². The SMILES string of the molecule is CCc1cccc2c(/C=C3\SC(=O)N(c4ccc(C)cc4)C3=O)cn(Cc3ccc(Cl)cc3)c12. The van der Waals surface area contributed by atoms with E-state index in [1.54, 1.807) is 12.1 Å². The van der Waals surface area contributed by atoms with E-state index in [1.165, 1.54) is 10.5 Å². The van der Waals surface area contributed by atoms with Gasteiger partial charge >= 0.3 is 0 Å². The number of carbonyl (C=O) groups is 2. The van der Waals surface area contributed by atoms with E-state index in [0.29, 0.717) is 22.2 Å². The molecule has 0 aliphatic carbocycles. The van der Waals surface area contributed by atoms with Gasteiger partial charge in [0.25, 0.3) is 11.1 Å². The van der Waals surface area contributed by atoms with E-state index >= 15 is 0 Å².